The van der Waals surface area contributed by atoms with Crippen molar-refractivity contribution in [1.29, 1.82) is 0 Å². The number of carbonyl (C=O) groups is 1. The Morgan fingerprint density at radius 3 is 2.47 bits per heavy atom. The molecule has 0 aliphatic carbocycles. The molecule has 0 amide bonds. The van der Waals surface area contributed by atoms with Gasteiger partial charge in [0.1, 0.15) is 12.4 Å². The number of fused-ring (bicyclic) bond motifs is 1. The summed E-state index contributed by atoms with van der Waals surface area (Å²) in [5.74, 6) is -1.45. The van der Waals surface area contributed by atoms with Gasteiger partial charge in [-0.2, -0.15) is 0 Å². The molecule has 0 unspecified atom stereocenters. The Hall–Kier alpha value is -2.27. The maximum absolute atomic E-state index is 10.9. The molecular formula is C12H10O5. The van der Waals surface area contributed by atoms with Crippen molar-refractivity contribution >= 4 is 16.7 Å². The predicted octanol–water partition coefficient (Wildman–Crippen LogP) is 1.15. The van der Waals surface area contributed by atoms with Crippen LogP contribution >= 0.6 is 0 Å². The molecule has 0 aromatic heterocycles. The van der Waals surface area contributed by atoms with E-state index in [1.807, 2.05) is 0 Å². The van der Waals surface area contributed by atoms with Crippen molar-refractivity contribution in [2.75, 3.05) is 6.61 Å². The summed E-state index contributed by atoms with van der Waals surface area (Å²) in [4.78, 5) is 10.9. The number of phenolic OH excluding ortho intramolecular Hbond substituents is 2. The molecule has 2 aromatic rings. The number of aromatic hydroxyl groups is 2. The van der Waals surface area contributed by atoms with Crippen molar-refractivity contribution in [2.45, 2.75) is 0 Å². The molecule has 3 N–H and O–H groups in total. The van der Waals surface area contributed by atoms with Crippen LogP contribution in [0.15, 0.2) is 30.3 Å². The predicted molar refractivity (Wildman–Crippen MR) is 60.0 cm³/mol. The minimum absolute atomic E-state index is 0.112. The zero-order valence-electron chi connectivity index (χ0n) is 8.75. The van der Waals surface area contributed by atoms with Crippen LogP contribution in [0.3, 0.4) is 0 Å². The Bertz CT molecular complexity index is 576. The highest BCUT2D eigenvalue weighted by molar-refractivity contribution is 5.95. The minimum Gasteiger partial charge on any atom is -0.507 e. The number of aliphatic hydroxyl groups is 1. The van der Waals surface area contributed by atoms with E-state index in [1.165, 1.54) is 0 Å². The zero-order valence-corrected chi connectivity index (χ0v) is 8.75. The minimum atomic E-state index is -0.907. The van der Waals surface area contributed by atoms with Crippen molar-refractivity contribution < 1.29 is 24.9 Å². The summed E-state index contributed by atoms with van der Waals surface area (Å²) in [7, 11) is 0. The van der Waals surface area contributed by atoms with Crippen molar-refractivity contribution in [1.82, 2.24) is 0 Å². The van der Waals surface area contributed by atoms with Gasteiger partial charge in [-0.25, -0.2) is 4.79 Å². The van der Waals surface area contributed by atoms with Crippen molar-refractivity contribution in [3.05, 3.63) is 30.3 Å². The van der Waals surface area contributed by atoms with Gasteiger partial charge in [0, 0.05) is 16.8 Å². The molecule has 0 saturated heterocycles. The molecule has 5 heteroatoms. The van der Waals surface area contributed by atoms with Crippen molar-refractivity contribution in [2.24, 2.45) is 0 Å². The van der Waals surface area contributed by atoms with Gasteiger partial charge in [-0.1, -0.05) is 24.3 Å². The van der Waals surface area contributed by atoms with Gasteiger partial charge in [0.25, 0.3) is 0 Å². The first-order chi connectivity index (χ1) is 8.13. The van der Waals surface area contributed by atoms with Crippen LogP contribution in [0, 0.1) is 0 Å². The Morgan fingerprint density at radius 1 is 1.18 bits per heavy atom. The lowest BCUT2D eigenvalue weighted by atomic mass is 10.1. The van der Waals surface area contributed by atoms with Crippen LogP contribution in [0.5, 0.6) is 17.2 Å². The van der Waals surface area contributed by atoms with Crippen LogP contribution in [0.4, 0.5) is 0 Å². The first-order valence-electron chi connectivity index (χ1n) is 4.88. The third-order valence-corrected chi connectivity index (χ3v) is 2.31. The molecular weight excluding hydrogens is 224 g/mol. The van der Waals surface area contributed by atoms with Gasteiger partial charge in [0.15, 0.2) is 11.5 Å². The fourth-order valence-corrected chi connectivity index (χ4v) is 1.55. The average Bonchev–Trinajstić information content (AvgIpc) is 2.35. The average molecular weight is 234 g/mol. The summed E-state index contributed by atoms with van der Waals surface area (Å²) in [5.41, 5.74) is 0. The second-order valence-electron chi connectivity index (χ2n) is 3.42. The van der Waals surface area contributed by atoms with Crippen LogP contribution in [0.25, 0.3) is 10.8 Å². The van der Waals surface area contributed by atoms with Gasteiger partial charge >= 0.3 is 5.97 Å². The van der Waals surface area contributed by atoms with E-state index in [1.54, 1.807) is 24.3 Å². The SMILES string of the molecule is O=C(CO)Oc1cc(O)c2ccccc2c1O. The fourth-order valence-electron chi connectivity index (χ4n) is 1.55. The monoisotopic (exact) mass is 234 g/mol. The van der Waals surface area contributed by atoms with E-state index < -0.39 is 12.6 Å². The van der Waals surface area contributed by atoms with E-state index in [2.05, 4.69) is 4.74 Å². The van der Waals surface area contributed by atoms with Gasteiger partial charge < -0.3 is 20.1 Å². The smallest absolute Gasteiger partial charge is 0.337 e. The number of benzene rings is 2. The first kappa shape index (κ1) is 11.2. The quantitative estimate of drug-likeness (QED) is 0.412. The first-order valence-corrected chi connectivity index (χ1v) is 4.88. The number of ether oxygens (including phenoxy) is 1. The number of rotatable bonds is 2. The summed E-state index contributed by atoms with van der Waals surface area (Å²) in [5, 5.41) is 28.9. The maximum atomic E-state index is 10.9. The highest BCUT2D eigenvalue weighted by Gasteiger charge is 2.14. The van der Waals surface area contributed by atoms with Gasteiger partial charge in [0.2, 0.25) is 0 Å². The summed E-state index contributed by atoms with van der Waals surface area (Å²) in [6, 6.07) is 7.73. The van der Waals surface area contributed by atoms with Crippen LogP contribution < -0.4 is 4.74 Å². The van der Waals surface area contributed by atoms with E-state index in [0.717, 1.165) is 6.07 Å². The van der Waals surface area contributed by atoms with Crippen molar-refractivity contribution in [3.8, 4) is 17.2 Å². The highest BCUT2D eigenvalue weighted by atomic mass is 16.6. The lowest BCUT2D eigenvalue weighted by Crippen LogP contribution is -2.12. The molecule has 5 nitrogen and oxygen atoms in total. The summed E-state index contributed by atoms with van der Waals surface area (Å²) in [6.45, 7) is -0.799. The Kier molecular flexibility index (Phi) is 2.84. The van der Waals surface area contributed by atoms with Gasteiger partial charge in [-0.3, -0.25) is 0 Å². The number of phenols is 2. The molecule has 0 bridgehead atoms. The van der Waals surface area contributed by atoms with E-state index in [4.69, 9.17) is 5.11 Å². The largest absolute Gasteiger partial charge is 0.507 e. The van der Waals surface area contributed by atoms with E-state index >= 15 is 0 Å². The number of esters is 1. The number of carbonyl (C=O) groups excluding carboxylic acids is 1. The topological polar surface area (TPSA) is 87.0 Å². The van der Waals surface area contributed by atoms with Crippen LogP contribution in [-0.2, 0) is 4.79 Å². The van der Waals surface area contributed by atoms with Crippen molar-refractivity contribution in [3.63, 3.8) is 0 Å². The normalized spacial score (nSPS) is 10.4. The highest BCUT2D eigenvalue weighted by Crippen LogP contribution is 2.39. The third kappa shape index (κ3) is 2.00. The molecule has 0 aliphatic rings. The molecule has 0 aliphatic heterocycles. The second kappa shape index (κ2) is 4.31. The van der Waals surface area contributed by atoms with E-state index in [-0.39, 0.29) is 17.2 Å². The molecule has 2 rings (SSSR count). The number of hydrogen-bond acceptors (Lipinski definition) is 5. The molecule has 17 heavy (non-hydrogen) atoms. The standard InChI is InChI=1S/C12H10O5/c13-6-11(15)17-10-5-9(14)7-3-1-2-4-8(7)12(10)16/h1-5,13-14,16H,6H2. The molecule has 0 saturated carbocycles. The molecule has 0 atom stereocenters. The van der Waals surface area contributed by atoms with Crippen LogP contribution in [0.2, 0.25) is 0 Å². The summed E-state index contributed by atoms with van der Waals surface area (Å²) < 4.78 is 4.68. The maximum Gasteiger partial charge on any atom is 0.337 e. The van der Waals surface area contributed by atoms with Crippen LogP contribution in [0.1, 0.15) is 0 Å². The second-order valence-corrected chi connectivity index (χ2v) is 3.42. The Labute approximate surface area is 96.5 Å². The summed E-state index contributed by atoms with van der Waals surface area (Å²) >= 11 is 0. The van der Waals surface area contributed by atoms with E-state index in [9.17, 15) is 15.0 Å². The van der Waals surface area contributed by atoms with Gasteiger partial charge in [0.05, 0.1) is 0 Å². The van der Waals surface area contributed by atoms with Gasteiger partial charge in [-0.15, -0.1) is 0 Å². The molecule has 88 valence electrons. The molecule has 0 fully saturated rings. The molecule has 2 aromatic carbocycles. The zero-order chi connectivity index (χ0) is 12.4. The fraction of sp³-hybridized carbons (Fsp3) is 0.0833. The lowest BCUT2D eigenvalue weighted by molar-refractivity contribution is -0.137. The summed E-state index contributed by atoms with van der Waals surface area (Å²) in [6.07, 6.45) is 0. The number of aliphatic hydroxyl groups excluding tert-OH is 1. The van der Waals surface area contributed by atoms with Gasteiger partial charge in [-0.05, 0) is 0 Å². The third-order valence-electron chi connectivity index (χ3n) is 2.31. The Morgan fingerprint density at radius 2 is 1.82 bits per heavy atom. The van der Waals surface area contributed by atoms with E-state index in [0.29, 0.717) is 10.8 Å². The molecule has 0 radical (unpaired) electrons. The lowest BCUT2D eigenvalue weighted by Gasteiger charge is -2.09. The Balaban J connectivity index is 2.58. The molecule has 0 spiro atoms. The molecule has 0 heterocycles. The number of hydrogen-bond donors (Lipinski definition) is 3. The van der Waals surface area contributed by atoms with Crippen LogP contribution in [-0.4, -0.2) is 27.9 Å².